The van der Waals surface area contributed by atoms with Crippen molar-refractivity contribution in [1.82, 2.24) is 4.90 Å². The van der Waals surface area contributed by atoms with Crippen molar-refractivity contribution in [2.24, 2.45) is 0 Å². The van der Waals surface area contributed by atoms with Gasteiger partial charge >= 0.3 is 0 Å². The number of nitrogens with zero attached hydrogens (tertiary/aromatic N) is 2. The van der Waals surface area contributed by atoms with Crippen molar-refractivity contribution in [3.05, 3.63) is 96.1 Å². The summed E-state index contributed by atoms with van der Waals surface area (Å²) in [5, 5.41) is 9.15. The maximum absolute atomic E-state index is 13.4. The Hall–Kier alpha value is -2.90. The molecule has 3 nitrogen and oxygen atoms in total. The van der Waals surface area contributed by atoms with E-state index in [4.69, 9.17) is 10.00 Å². The van der Waals surface area contributed by atoms with Gasteiger partial charge in [-0.3, -0.25) is 0 Å². The molecule has 0 bridgehead atoms. The summed E-state index contributed by atoms with van der Waals surface area (Å²) in [6.07, 6.45) is 5.05. The van der Waals surface area contributed by atoms with Crippen LogP contribution in [0.25, 0.3) is 0 Å². The number of hydrogen-bond acceptors (Lipinski definition) is 3. The number of nitriles is 1. The molecule has 2 aromatic carbocycles. The molecule has 3 rings (SSSR count). The standard InChI is InChI=1S/C22H21FN2O/c1-3-25(4-2)13-5-12-22(19-7-9-20(23)10-8-19)21-11-6-17(15-24)14-18(21)16-26-22/h3-4,6-11,14H,1-2,5,12-13,16H2. The Labute approximate surface area is 153 Å². The van der Waals surface area contributed by atoms with Gasteiger partial charge in [-0.2, -0.15) is 5.26 Å². The molecule has 1 aliphatic heterocycles. The Morgan fingerprint density at radius 1 is 1.19 bits per heavy atom. The van der Waals surface area contributed by atoms with Gasteiger partial charge in [0, 0.05) is 6.54 Å². The molecule has 0 aromatic heterocycles. The Balaban J connectivity index is 1.97. The van der Waals surface area contributed by atoms with E-state index >= 15 is 0 Å². The summed E-state index contributed by atoms with van der Waals surface area (Å²) in [4.78, 5) is 1.92. The fourth-order valence-corrected chi connectivity index (χ4v) is 3.53. The Morgan fingerprint density at radius 3 is 2.58 bits per heavy atom. The van der Waals surface area contributed by atoms with Crippen molar-refractivity contribution in [1.29, 1.82) is 5.26 Å². The zero-order valence-corrected chi connectivity index (χ0v) is 14.6. The zero-order valence-electron chi connectivity index (χ0n) is 14.6. The van der Waals surface area contributed by atoms with Crippen molar-refractivity contribution >= 4 is 0 Å². The van der Waals surface area contributed by atoms with Gasteiger partial charge in [-0.15, -0.1) is 0 Å². The Bertz CT molecular complexity index is 845. The number of ether oxygens (including phenoxy) is 1. The highest BCUT2D eigenvalue weighted by Crippen LogP contribution is 2.45. The van der Waals surface area contributed by atoms with Crippen LogP contribution >= 0.6 is 0 Å². The maximum atomic E-state index is 13.4. The molecule has 0 N–H and O–H groups in total. The maximum Gasteiger partial charge on any atom is 0.123 e. The van der Waals surface area contributed by atoms with E-state index in [1.165, 1.54) is 12.1 Å². The molecule has 26 heavy (non-hydrogen) atoms. The third kappa shape index (κ3) is 3.26. The molecular formula is C22H21FN2O. The topological polar surface area (TPSA) is 36.3 Å². The minimum atomic E-state index is -0.634. The van der Waals surface area contributed by atoms with E-state index in [1.807, 2.05) is 23.1 Å². The van der Waals surface area contributed by atoms with Crippen LogP contribution in [0.3, 0.4) is 0 Å². The first kappa shape index (κ1) is 17.9. The van der Waals surface area contributed by atoms with Gasteiger partial charge in [0.1, 0.15) is 11.4 Å². The molecule has 0 radical (unpaired) electrons. The molecule has 0 fully saturated rings. The smallest absolute Gasteiger partial charge is 0.123 e. The second-order valence-corrected chi connectivity index (χ2v) is 6.31. The van der Waals surface area contributed by atoms with E-state index in [9.17, 15) is 4.39 Å². The minimum absolute atomic E-state index is 0.272. The normalized spacial score (nSPS) is 18.0. The summed E-state index contributed by atoms with van der Waals surface area (Å²) >= 11 is 0. The fourth-order valence-electron chi connectivity index (χ4n) is 3.53. The molecule has 4 heteroatoms. The molecule has 132 valence electrons. The van der Waals surface area contributed by atoms with Gasteiger partial charge in [0.2, 0.25) is 0 Å². The van der Waals surface area contributed by atoms with Crippen molar-refractivity contribution < 1.29 is 9.13 Å². The van der Waals surface area contributed by atoms with Crippen LogP contribution in [0.2, 0.25) is 0 Å². The number of rotatable bonds is 7. The molecule has 0 spiro atoms. The van der Waals surface area contributed by atoms with Crippen LogP contribution in [0, 0.1) is 17.1 Å². The van der Waals surface area contributed by atoms with Gasteiger partial charge in [0.15, 0.2) is 0 Å². The fraction of sp³-hybridized carbons (Fsp3) is 0.227. The highest BCUT2D eigenvalue weighted by Gasteiger charge is 2.41. The van der Waals surface area contributed by atoms with Gasteiger partial charge < -0.3 is 9.64 Å². The SMILES string of the molecule is C=CN(C=C)CCCC1(c2ccc(F)cc2)OCc2cc(C#N)ccc21. The predicted molar refractivity (Wildman–Crippen MR) is 99.5 cm³/mol. The lowest BCUT2D eigenvalue weighted by molar-refractivity contribution is -0.0136. The summed E-state index contributed by atoms with van der Waals surface area (Å²) in [7, 11) is 0. The van der Waals surface area contributed by atoms with Crippen molar-refractivity contribution in [3.8, 4) is 6.07 Å². The third-order valence-corrected chi connectivity index (χ3v) is 4.87. The Kier molecular flexibility index (Phi) is 5.20. The average Bonchev–Trinajstić information content (AvgIpc) is 3.04. The summed E-state index contributed by atoms with van der Waals surface area (Å²) in [5.74, 6) is -0.272. The monoisotopic (exact) mass is 348 g/mol. The lowest BCUT2D eigenvalue weighted by Gasteiger charge is -2.31. The molecule has 2 aromatic rings. The number of hydrogen-bond donors (Lipinski definition) is 0. The van der Waals surface area contributed by atoms with Crippen molar-refractivity contribution in [2.45, 2.75) is 25.0 Å². The van der Waals surface area contributed by atoms with E-state index in [-0.39, 0.29) is 5.82 Å². The lowest BCUT2D eigenvalue weighted by Crippen LogP contribution is -2.28. The van der Waals surface area contributed by atoms with Gasteiger partial charge in [-0.05, 0) is 66.2 Å². The zero-order chi connectivity index (χ0) is 18.6. The van der Waals surface area contributed by atoms with E-state index in [0.29, 0.717) is 12.2 Å². The number of benzene rings is 2. The van der Waals surface area contributed by atoms with E-state index in [1.54, 1.807) is 24.5 Å². The van der Waals surface area contributed by atoms with Crippen LogP contribution < -0.4 is 0 Å². The second-order valence-electron chi connectivity index (χ2n) is 6.31. The molecule has 0 aliphatic carbocycles. The second kappa shape index (κ2) is 7.55. The van der Waals surface area contributed by atoms with Crippen molar-refractivity contribution in [3.63, 3.8) is 0 Å². The first-order valence-corrected chi connectivity index (χ1v) is 8.57. The van der Waals surface area contributed by atoms with Crippen LogP contribution in [0.1, 0.15) is 35.1 Å². The summed E-state index contributed by atoms with van der Waals surface area (Å²) in [6.45, 7) is 8.76. The molecule has 1 heterocycles. The largest absolute Gasteiger partial charge is 0.361 e. The van der Waals surface area contributed by atoms with Gasteiger partial charge in [-0.25, -0.2) is 4.39 Å². The van der Waals surface area contributed by atoms with E-state index in [2.05, 4.69) is 19.2 Å². The first-order chi connectivity index (χ1) is 12.6. The van der Waals surface area contributed by atoms with Crippen LogP contribution in [-0.2, 0) is 16.9 Å². The highest BCUT2D eigenvalue weighted by atomic mass is 19.1. The van der Waals surface area contributed by atoms with Gasteiger partial charge in [-0.1, -0.05) is 31.4 Å². The molecule has 1 unspecified atom stereocenters. The quantitative estimate of drug-likeness (QED) is 0.718. The predicted octanol–water partition coefficient (Wildman–Crippen LogP) is 4.84. The summed E-state index contributed by atoms with van der Waals surface area (Å²) < 4.78 is 19.7. The van der Waals surface area contributed by atoms with Crippen LogP contribution in [0.4, 0.5) is 4.39 Å². The third-order valence-electron chi connectivity index (χ3n) is 4.87. The minimum Gasteiger partial charge on any atom is -0.361 e. The summed E-state index contributed by atoms with van der Waals surface area (Å²) in [6, 6.07) is 14.3. The van der Waals surface area contributed by atoms with E-state index in [0.717, 1.165) is 36.1 Å². The van der Waals surface area contributed by atoms with Crippen LogP contribution in [-0.4, -0.2) is 11.4 Å². The average molecular weight is 348 g/mol. The van der Waals surface area contributed by atoms with Gasteiger partial charge in [0.05, 0.1) is 18.2 Å². The molecule has 0 amide bonds. The molecular weight excluding hydrogens is 327 g/mol. The first-order valence-electron chi connectivity index (χ1n) is 8.57. The van der Waals surface area contributed by atoms with Gasteiger partial charge in [0.25, 0.3) is 0 Å². The highest BCUT2D eigenvalue weighted by molar-refractivity contribution is 5.47. The summed E-state index contributed by atoms with van der Waals surface area (Å²) in [5.41, 5.74) is 2.97. The Morgan fingerprint density at radius 2 is 1.92 bits per heavy atom. The molecule has 1 atom stereocenters. The molecule has 0 saturated heterocycles. The van der Waals surface area contributed by atoms with Crippen LogP contribution in [0.15, 0.2) is 68.0 Å². The molecule has 0 saturated carbocycles. The lowest BCUT2D eigenvalue weighted by atomic mass is 9.81. The number of halogens is 1. The number of fused-ring (bicyclic) bond motifs is 1. The molecule has 1 aliphatic rings. The van der Waals surface area contributed by atoms with Crippen LogP contribution in [0.5, 0.6) is 0 Å². The van der Waals surface area contributed by atoms with E-state index < -0.39 is 5.60 Å². The van der Waals surface area contributed by atoms with Crippen molar-refractivity contribution in [2.75, 3.05) is 6.54 Å².